The number of nitrogens with zero attached hydrogens (tertiary/aromatic N) is 3. The summed E-state index contributed by atoms with van der Waals surface area (Å²) in [7, 11) is -4.16. The first-order chi connectivity index (χ1) is 20.6. The van der Waals surface area contributed by atoms with Gasteiger partial charge in [-0.1, -0.05) is 48.5 Å². The van der Waals surface area contributed by atoms with Gasteiger partial charge in [0, 0.05) is 37.2 Å². The normalized spacial score (nSPS) is 11.8. The van der Waals surface area contributed by atoms with E-state index in [4.69, 9.17) is 0 Å². The van der Waals surface area contributed by atoms with E-state index in [1.807, 2.05) is 24.3 Å². The van der Waals surface area contributed by atoms with Crippen LogP contribution in [0.25, 0.3) is 11.1 Å². The van der Waals surface area contributed by atoms with Gasteiger partial charge >= 0.3 is 6.18 Å². The van der Waals surface area contributed by atoms with E-state index in [0.29, 0.717) is 22.5 Å². The van der Waals surface area contributed by atoms with Crippen LogP contribution >= 0.6 is 0 Å². The fourth-order valence-corrected chi connectivity index (χ4v) is 5.75. The topological polar surface area (TPSA) is 92.3 Å². The van der Waals surface area contributed by atoms with E-state index >= 15 is 0 Å². The summed E-state index contributed by atoms with van der Waals surface area (Å²) in [6.45, 7) is -0.0495. The number of carbonyl (C=O) groups is 1. The Hall–Kier alpha value is -4.87. The predicted octanol–water partition coefficient (Wildman–Crippen LogP) is 6.81. The number of carbonyl (C=O) groups excluding carboxylic acids is 1. The molecule has 0 unspecified atom stereocenters. The van der Waals surface area contributed by atoms with Gasteiger partial charge in [0.1, 0.15) is 5.82 Å². The van der Waals surface area contributed by atoms with Crippen LogP contribution < -0.4 is 5.32 Å². The van der Waals surface area contributed by atoms with Gasteiger partial charge in [-0.15, -0.1) is 0 Å². The maximum absolute atomic E-state index is 13.6. The van der Waals surface area contributed by atoms with Gasteiger partial charge in [-0.2, -0.15) is 17.5 Å². The Bertz CT molecular complexity index is 1780. The number of anilines is 1. The van der Waals surface area contributed by atoms with E-state index < -0.39 is 21.8 Å². The summed E-state index contributed by atoms with van der Waals surface area (Å²) in [5.74, 6) is 0.161. The molecule has 11 heteroatoms. The van der Waals surface area contributed by atoms with Gasteiger partial charge < -0.3 is 5.32 Å². The predicted molar refractivity (Wildman–Crippen MR) is 156 cm³/mol. The fourth-order valence-electron chi connectivity index (χ4n) is 4.33. The van der Waals surface area contributed by atoms with Crippen molar-refractivity contribution in [3.05, 3.63) is 144 Å². The summed E-state index contributed by atoms with van der Waals surface area (Å²) in [6, 6.07) is 26.4. The summed E-state index contributed by atoms with van der Waals surface area (Å²) < 4.78 is 67.5. The van der Waals surface area contributed by atoms with Crippen molar-refractivity contribution >= 4 is 21.7 Å². The molecule has 43 heavy (non-hydrogen) atoms. The van der Waals surface area contributed by atoms with E-state index in [1.54, 1.807) is 73.2 Å². The highest BCUT2D eigenvalue weighted by Crippen LogP contribution is 2.31. The van der Waals surface area contributed by atoms with E-state index in [0.717, 1.165) is 35.4 Å². The molecule has 0 fully saturated rings. The third-order valence-corrected chi connectivity index (χ3v) is 8.41. The molecule has 0 aliphatic carbocycles. The van der Waals surface area contributed by atoms with Crippen LogP contribution in [0.4, 0.5) is 19.0 Å². The Morgan fingerprint density at radius 2 is 1.40 bits per heavy atom. The van der Waals surface area contributed by atoms with Crippen molar-refractivity contribution in [3.8, 4) is 11.1 Å². The summed E-state index contributed by atoms with van der Waals surface area (Å²) in [6.07, 6.45) is 0.117. The first-order valence-corrected chi connectivity index (χ1v) is 14.5. The van der Waals surface area contributed by atoms with E-state index in [-0.39, 0.29) is 23.9 Å². The molecule has 0 aliphatic rings. The lowest BCUT2D eigenvalue weighted by molar-refractivity contribution is -0.137. The zero-order valence-corrected chi connectivity index (χ0v) is 23.4. The molecule has 1 amide bonds. The van der Waals surface area contributed by atoms with Crippen LogP contribution in [0.3, 0.4) is 0 Å². The number of alkyl halides is 3. The molecule has 3 aromatic carbocycles. The molecule has 0 radical (unpaired) electrons. The molecule has 2 heterocycles. The third-order valence-electron chi connectivity index (χ3n) is 6.60. The highest BCUT2D eigenvalue weighted by molar-refractivity contribution is 7.89. The van der Waals surface area contributed by atoms with Crippen LogP contribution in [-0.4, -0.2) is 28.6 Å². The molecule has 1 N–H and O–H groups in total. The van der Waals surface area contributed by atoms with Crippen molar-refractivity contribution in [2.75, 3.05) is 5.32 Å². The number of nitrogens with one attached hydrogen (secondary N) is 1. The second kappa shape index (κ2) is 12.6. The smallest absolute Gasteiger partial charge is 0.307 e. The molecule has 0 bridgehead atoms. The van der Waals surface area contributed by atoms with Crippen LogP contribution in [0, 0.1) is 0 Å². The van der Waals surface area contributed by atoms with Gasteiger partial charge in [0.2, 0.25) is 10.0 Å². The lowest BCUT2D eigenvalue weighted by Gasteiger charge is -2.23. The molecule has 0 atom stereocenters. The van der Waals surface area contributed by atoms with Crippen molar-refractivity contribution in [2.45, 2.75) is 24.2 Å². The van der Waals surface area contributed by atoms with Crippen molar-refractivity contribution in [1.82, 2.24) is 14.3 Å². The van der Waals surface area contributed by atoms with Crippen molar-refractivity contribution in [1.29, 1.82) is 0 Å². The SMILES string of the molecule is O=C(Nc1ccccn1)c1ccc(-c2ccc(CN(Cc3cccnc3)S(=O)(=O)c3ccc(C(F)(F)F)cc3)cc2)cc1. The number of aromatic nitrogens is 2. The second-order valence-electron chi connectivity index (χ2n) is 9.60. The largest absolute Gasteiger partial charge is 0.416 e. The van der Waals surface area contributed by atoms with Crippen LogP contribution in [-0.2, 0) is 29.3 Å². The average molecular weight is 603 g/mol. The molecular formula is C32H25F3N4O3S. The zero-order valence-electron chi connectivity index (χ0n) is 22.6. The monoisotopic (exact) mass is 602 g/mol. The summed E-state index contributed by atoms with van der Waals surface area (Å²) in [5.41, 5.74) is 2.54. The van der Waals surface area contributed by atoms with Crippen LogP contribution in [0.1, 0.15) is 27.0 Å². The number of halogens is 3. The number of rotatable bonds is 9. The maximum Gasteiger partial charge on any atom is 0.416 e. The number of hydrogen-bond acceptors (Lipinski definition) is 5. The maximum atomic E-state index is 13.6. The zero-order chi connectivity index (χ0) is 30.5. The Morgan fingerprint density at radius 3 is 1.98 bits per heavy atom. The summed E-state index contributed by atoms with van der Waals surface area (Å²) >= 11 is 0. The van der Waals surface area contributed by atoms with E-state index in [1.165, 1.54) is 4.31 Å². The second-order valence-corrected chi connectivity index (χ2v) is 11.5. The van der Waals surface area contributed by atoms with Gasteiger partial charge in [-0.3, -0.25) is 9.78 Å². The number of hydrogen-bond donors (Lipinski definition) is 1. The Morgan fingerprint density at radius 1 is 0.744 bits per heavy atom. The van der Waals surface area contributed by atoms with Gasteiger partial charge in [-0.05, 0) is 76.9 Å². The van der Waals surface area contributed by atoms with Crippen LogP contribution in [0.2, 0.25) is 0 Å². The minimum Gasteiger partial charge on any atom is -0.307 e. The number of sulfonamides is 1. The highest BCUT2D eigenvalue weighted by atomic mass is 32.2. The lowest BCUT2D eigenvalue weighted by Crippen LogP contribution is -2.30. The third kappa shape index (κ3) is 7.32. The summed E-state index contributed by atoms with van der Waals surface area (Å²) in [4.78, 5) is 20.4. The van der Waals surface area contributed by atoms with Crippen LogP contribution in [0.15, 0.2) is 127 Å². The first kappa shape index (κ1) is 29.6. The lowest BCUT2D eigenvalue weighted by atomic mass is 10.0. The van der Waals surface area contributed by atoms with E-state index in [2.05, 4.69) is 15.3 Å². The van der Waals surface area contributed by atoms with Crippen LogP contribution in [0.5, 0.6) is 0 Å². The molecule has 218 valence electrons. The molecule has 5 aromatic rings. The quantitative estimate of drug-likeness (QED) is 0.200. The minimum absolute atomic E-state index is 0.0227. The van der Waals surface area contributed by atoms with E-state index in [9.17, 15) is 26.4 Å². The minimum atomic E-state index is -4.58. The fraction of sp³-hybridized carbons (Fsp3) is 0.0938. The molecular weight excluding hydrogens is 577 g/mol. The molecule has 0 saturated heterocycles. The number of benzene rings is 3. The first-order valence-electron chi connectivity index (χ1n) is 13.1. The summed E-state index contributed by atoms with van der Waals surface area (Å²) in [5, 5.41) is 2.74. The van der Waals surface area contributed by atoms with Gasteiger partial charge in [0.05, 0.1) is 10.5 Å². The van der Waals surface area contributed by atoms with Crippen molar-refractivity contribution in [3.63, 3.8) is 0 Å². The van der Waals surface area contributed by atoms with Crippen molar-refractivity contribution in [2.24, 2.45) is 0 Å². The molecule has 7 nitrogen and oxygen atoms in total. The van der Waals surface area contributed by atoms with Gasteiger partial charge in [0.25, 0.3) is 5.91 Å². The standard InChI is InChI=1S/C32H25F3N4O3S/c33-32(34,35)28-14-16-29(17-15-28)43(41,42)39(22-24-4-3-18-36-20-24)21-23-6-8-25(9-7-23)26-10-12-27(13-11-26)31(40)38-30-5-1-2-19-37-30/h1-20H,21-22H2,(H,37,38,40). The number of amides is 1. The van der Waals surface area contributed by atoms with Crippen molar-refractivity contribution < 1.29 is 26.4 Å². The Balaban J connectivity index is 1.34. The molecule has 2 aromatic heterocycles. The molecule has 0 spiro atoms. The van der Waals surface area contributed by atoms with Gasteiger partial charge in [0.15, 0.2) is 0 Å². The Kier molecular flexibility index (Phi) is 8.65. The number of pyridine rings is 2. The molecule has 0 saturated carbocycles. The molecule has 0 aliphatic heterocycles. The molecule has 5 rings (SSSR count). The highest BCUT2D eigenvalue weighted by Gasteiger charge is 2.32. The van der Waals surface area contributed by atoms with Gasteiger partial charge in [-0.25, -0.2) is 13.4 Å². The average Bonchev–Trinajstić information content (AvgIpc) is 3.02. The Labute approximate surface area is 246 Å².